The molecular formula is C30H31F3N6OS. The Balaban J connectivity index is 1.40. The molecule has 0 unspecified atom stereocenters. The van der Waals surface area contributed by atoms with Gasteiger partial charge in [-0.3, -0.25) is 0 Å². The fourth-order valence-electron chi connectivity index (χ4n) is 4.06. The maximum Gasteiger partial charge on any atom is 0.573 e. The van der Waals surface area contributed by atoms with Gasteiger partial charge in [0, 0.05) is 23.5 Å². The number of rotatable bonds is 7. The number of ether oxygens (including phenoxy) is 1. The molecule has 11 heteroatoms. The lowest BCUT2D eigenvalue weighted by atomic mass is 9.85. The molecule has 0 bridgehead atoms. The second-order valence-corrected chi connectivity index (χ2v) is 11.2. The van der Waals surface area contributed by atoms with Gasteiger partial charge in [0.15, 0.2) is 5.17 Å². The molecule has 214 valence electrons. The third-order valence-electron chi connectivity index (χ3n) is 6.02. The van der Waals surface area contributed by atoms with Crippen LogP contribution in [0.15, 0.2) is 93.0 Å². The minimum Gasteiger partial charge on any atom is -0.406 e. The van der Waals surface area contributed by atoms with Crippen molar-refractivity contribution in [2.75, 3.05) is 17.2 Å². The third-order valence-corrected chi connectivity index (χ3v) is 7.07. The van der Waals surface area contributed by atoms with E-state index in [1.807, 2.05) is 24.3 Å². The van der Waals surface area contributed by atoms with Gasteiger partial charge in [0.1, 0.15) is 17.9 Å². The molecule has 2 N–H and O–H groups in total. The lowest BCUT2D eigenvalue weighted by Gasteiger charge is -2.33. The minimum atomic E-state index is -4.74. The quantitative estimate of drug-likeness (QED) is 0.181. The van der Waals surface area contributed by atoms with Crippen LogP contribution in [-0.2, 0) is 5.41 Å². The summed E-state index contributed by atoms with van der Waals surface area (Å²) in [6, 6.07) is 20.9. The predicted molar refractivity (Wildman–Crippen MR) is 163 cm³/mol. The molecule has 1 saturated heterocycles. The summed E-state index contributed by atoms with van der Waals surface area (Å²) in [5, 5.41) is 9.79. The van der Waals surface area contributed by atoms with E-state index in [0.29, 0.717) is 11.3 Å². The summed E-state index contributed by atoms with van der Waals surface area (Å²) in [4.78, 5) is 10.4. The van der Waals surface area contributed by atoms with E-state index in [4.69, 9.17) is 5.73 Å². The molecule has 0 spiro atoms. The second kappa shape index (κ2) is 13.0. The number of alkyl halides is 3. The predicted octanol–water partition coefficient (Wildman–Crippen LogP) is 7.28. The number of nitrogens with two attached hydrogens (primary N) is 1. The molecule has 1 fully saturated rings. The van der Waals surface area contributed by atoms with Crippen LogP contribution in [-0.4, -0.2) is 42.2 Å². The molecule has 0 radical (unpaired) electrons. The van der Waals surface area contributed by atoms with Crippen molar-refractivity contribution in [2.24, 2.45) is 25.9 Å². The minimum absolute atomic E-state index is 0.00644. The Morgan fingerprint density at radius 1 is 0.976 bits per heavy atom. The van der Waals surface area contributed by atoms with E-state index in [9.17, 15) is 13.2 Å². The first kappa shape index (κ1) is 29.9. The van der Waals surface area contributed by atoms with Crippen LogP contribution < -0.4 is 15.4 Å². The average Bonchev–Trinajstić information content (AvgIpc) is 2.93. The molecule has 0 saturated carbocycles. The van der Waals surface area contributed by atoms with Gasteiger partial charge in [0.05, 0.1) is 11.9 Å². The molecular weight excluding hydrogens is 549 g/mol. The van der Waals surface area contributed by atoms with Gasteiger partial charge < -0.3 is 15.4 Å². The number of thioether (sulfide) groups is 1. The normalized spacial score (nSPS) is 16.2. The molecule has 0 atom stereocenters. The zero-order chi connectivity index (χ0) is 29.5. The fourth-order valence-corrected chi connectivity index (χ4v) is 4.97. The number of nitrogens with zero attached hydrogens (tertiary/aromatic N) is 5. The van der Waals surface area contributed by atoms with Crippen LogP contribution in [0.1, 0.15) is 43.9 Å². The van der Waals surface area contributed by atoms with Crippen LogP contribution in [0.2, 0.25) is 0 Å². The van der Waals surface area contributed by atoms with Crippen LogP contribution in [0.3, 0.4) is 0 Å². The van der Waals surface area contributed by atoms with Crippen LogP contribution in [0, 0.1) is 0 Å². The van der Waals surface area contributed by atoms with Gasteiger partial charge in [-0.15, -0.1) is 18.3 Å². The average molecular weight is 581 g/mol. The van der Waals surface area contributed by atoms with E-state index < -0.39 is 6.36 Å². The molecule has 1 aliphatic rings. The summed E-state index contributed by atoms with van der Waals surface area (Å²) in [6.07, 6.45) is -0.732. The smallest absolute Gasteiger partial charge is 0.406 e. The zero-order valence-corrected chi connectivity index (χ0v) is 23.8. The Bertz CT molecular complexity index is 1440. The maximum atomic E-state index is 12.3. The highest BCUT2D eigenvalue weighted by molar-refractivity contribution is 8.14. The summed E-state index contributed by atoms with van der Waals surface area (Å²) >= 11 is 1.70. The van der Waals surface area contributed by atoms with E-state index in [0.717, 1.165) is 35.1 Å². The number of halogens is 3. The first-order valence-corrected chi connectivity index (χ1v) is 13.9. The molecule has 41 heavy (non-hydrogen) atoms. The highest BCUT2D eigenvalue weighted by atomic mass is 32.2. The monoisotopic (exact) mass is 580 g/mol. The van der Waals surface area contributed by atoms with Crippen molar-refractivity contribution in [1.29, 1.82) is 0 Å². The van der Waals surface area contributed by atoms with Crippen molar-refractivity contribution in [3.05, 3.63) is 89.5 Å². The lowest BCUT2D eigenvalue weighted by Crippen LogP contribution is -2.35. The molecule has 0 amide bonds. The SMILES string of the molecule is CC(C)(C)c1ccccc1N1CCCS/C1=N/N=C\c1ccc(C(N)=NC=Nc2ccc(OC(F)(F)F)cc2)cc1. The Hall–Kier alpha value is -4.12. The maximum absolute atomic E-state index is 12.3. The number of anilines is 1. The summed E-state index contributed by atoms with van der Waals surface area (Å²) in [5.41, 5.74) is 10.4. The highest BCUT2D eigenvalue weighted by Gasteiger charge is 2.31. The molecule has 0 aromatic heterocycles. The van der Waals surface area contributed by atoms with Gasteiger partial charge in [0.25, 0.3) is 0 Å². The van der Waals surface area contributed by atoms with Crippen LogP contribution in [0.5, 0.6) is 5.75 Å². The fraction of sp³-hybridized carbons (Fsp3) is 0.267. The van der Waals surface area contributed by atoms with E-state index in [2.05, 4.69) is 74.9 Å². The zero-order valence-electron chi connectivity index (χ0n) is 23.0. The Morgan fingerprint density at radius 2 is 1.68 bits per heavy atom. The topological polar surface area (TPSA) is 87.9 Å². The van der Waals surface area contributed by atoms with E-state index in [1.54, 1.807) is 18.0 Å². The Kier molecular flexibility index (Phi) is 9.49. The number of para-hydroxylation sites is 1. The number of aliphatic imine (C=N–C) groups is 2. The molecule has 1 aliphatic heterocycles. The molecule has 0 aliphatic carbocycles. The molecule has 4 rings (SSSR count). The van der Waals surface area contributed by atoms with Crippen molar-refractivity contribution < 1.29 is 17.9 Å². The standard InChI is InChI=1S/C30H31F3N6OS/c1-29(2,3)25-7-4-5-8-26(25)39-17-6-18-41-28(39)38-37-19-21-9-11-22(12-10-21)27(34)36-20-35-23-13-15-24(16-14-23)40-30(31,32)33/h4-5,7-16,19-20H,6,17-18H2,1-3H3,(H2,34,35,36)/b37-19-,38-28+. The van der Waals surface area contributed by atoms with Crippen molar-refractivity contribution in [3.63, 3.8) is 0 Å². The first-order chi connectivity index (χ1) is 19.5. The molecule has 3 aromatic carbocycles. The first-order valence-electron chi connectivity index (χ1n) is 12.9. The summed E-state index contributed by atoms with van der Waals surface area (Å²) < 4.78 is 40.7. The number of benzene rings is 3. The van der Waals surface area contributed by atoms with Gasteiger partial charge in [0.2, 0.25) is 0 Å². The van der Waals surface area contributed by atoms with Crippen molar-refractivity contribution >= 4 is 46.7 Å². The highest BCUT2D eigenvalue weighted by Crippen LogP contribution is 2.35. The number of hydrogen-bond acceptors (Lipinski definition) is 5. The summed E-state index contributed by atoms with van der Waals surface area (Å²) in [6.45, 7) is 7.53. The summed E-state index contributed by atoms with van der Waals surface area (Å²) in [7, 11) is 0. The van der Waals surface area contributed by atoms with Crippen LogP contribution in [0.4, 0.5) is 24.5 Å². The van der Waals surface area contributed by atoms with Gasteiger partial charge in [-0.2, -0.15) is 5.10 Å². The van der Waals surface area contributed by atoms with Gasteiger partial charge >= 0.3 is 6.36 Å². The van der Waals surface area contributed by atoms with E-state index in [-0.39, 0.29) is 17.0 Å². The van der Waals surface area contributed by atoms with Crippen molar-refractivity contribution in [3.8, 4) is 5.75 Å². The lowest BCUT2D eigenvalue weighted by molar-refractivity contribution is -0.274. The third kappa shape index (κ3) is 8.68. The van der Waals surface area contributed by atoms with Crippen molar-refractivity contribution in [2.45, 2.75) is 39.0 Å². The van der Waals surface area contributed by atoms with E-state index >= 15 is 0 Å². The Morgan fingerprint density at radius 3 is 2.37 bits per heavy atom. The largest absolute Gasteiger partial charge is 0.573 e. The molecule has 1 heterocycles. The van der Waals surface area contributed by atoms with Crippen LogP contribution >= 0.6 is 11.8 Å². The van der Waals surface area contributed by atoms with Gasteiger partial charge in [-0.25, -0.2) is 9.98 Å². The molecule has 7 nitrogen and oxygen atoms in total. The van der Waals surface area contributed by atoms with Gasteiger partial charge in [-0.1, -0.05) is 75.0 Å². The summed E-state index contributed by atoms with van der Waals surface area (Å²) in [5.74, 6) is 0.910. The Labute approximate surface area is 241 Å². The number of amidine groups is 2. The molecule has 3 aromatic rings. The van der Waals surface area contributed by atoms with Crippen molar-refractivity contribution in [1.82, 2.24) is 0 Å². The second-order valence-electron chi connectivity index (χ2n) is 10.2. The van der Waals surface area contributed by atoms with E-state index in [1.165, 1.54) is 36.2 Å². The van der Waals surface area contributed by atoms with Gasteiger partial charge in [-0.05, 0) is 53.3 Å². The number of hydrogen-bond donors (Lipinski definition) is 1. The van der Waals surface area contributed by atoms with Crippen LogP contribution in [0.25, 0.3) is 0 Å².